The number of anilines is 2. The second kappa shape index (κ2) is 17.2. The van der Waals surface area contributed by atoms with E-state index in [9.17, 15) is 4.79 Å². The van der Waals surface area contributed by atoms with Gasteiger partial charge in [-0.15, -0.1) is 37.2 Å². The predicted octanol–water partition coefficient (Wildman–Crippen LogP) is 4.90. The number of carbonyl (C=O) groups excluding carboxylic acids is 1. The summed E-state index contributed by atoms with van der Waals surface area (Å²) in [5.41, 5.74) is 4.48. The number of piperazine rings is 1. The molecule has 0 unspecified atom stereocenters. The summed E-state index contributed by atoms with van der Waals surface area (Å²) in [6, 6.07) is 29.6. The van der Waals surface area contributed by atoms with Gasteiger partial charge in [-0.2, -0.15) is 0 Å². The first-order chi connectivity index (χ1) is 15.7. The molecular formula is C27H37Cl3N4O2. The van der Waals surface area contributed by atoms with E-state index in [0.29, 0.717) is 6.42 Å². The molecule has 1 saturated heterocycles. The van der Waals surface area contributed by atoms with E-state index in [-0.39, 0.29) is 54.6 Å². The molecule has 36 heavy (non-hydrogen) atoms. The van der Waals surface area contributed by atoms with Gasteiger partial charge in [0, 0.05) is 57.6 Å². The molecule has 6 nitrogen and oxygen atoms in total. The molecule has 1 fully saturated rings. The highest BCUT2D eigenvalue weighted by Gasteiger charge is 2.26. The third-order valence-corrected chi connectivity index (χ3v) is 6.09. The van der Waals surface area contributed by atoms with Crippen LogP contribution >= 0.6 is 37.2 Å². The lowest BCUT2D eigenvalue weighted by Crippen LogP contribution is -2.48. The molecule has 1 aliphatic rings. The lowest BCUT2D eigenvalue weighted by Gasteiger charge is -2.39. The van der Waals surface area contributed by atoms with E-state index in [0.717, 1.165) is 44.1 Å². The van der Waals surface area contributed by atoms with Crippen LogP contribution in [0.3, 0.4) is 0 Å². The first kappa shape index (κ1) is 33.7. The van der Waals surface area contributed by atoms with Crippen LogP contribution in [0.5, 0.6) is 0 Å². The van der Waals surface area contributed by atoms with Crippen molar-refractivity contribution < 1.29 is 10.3 Å². The zero-order valence-corrected chi connectivity index (χ0v) is 22.9. The van der Waals surface area contributed by atoms with Gasteiger partial charge in [-0.05, 0) is 29.3 Å². The first-order valence-corrected chi connectivity index (χ1v) is 11.4. The van der Waals surface area contributed by atoms with E-state index in [1.807, 2.05) is 31.3 Å². The summed E-state index contributed by atoms with van der Waals surface area (Å²) >= 11 is 0. The fraction of sp³-hybridized carbons (Fsp3) is 0.296. The summed E-state index contributed by atoms with van der Waals surface area (Å²) in [6.07, 6.45) is 0.505. The quantitative estimate of drug-likeness (QED) is 0.414. The molecule has 0 atom stereocenters. The van der Waals surface area contributed by atoms with E-state index in [1.165, 1.54) is 11.1 Å². The van der Waals surface area contributed by atoms with E-state index >= 15 is 0 Å². The van der Waals surface area contributed by atoms with Crippen molar-refractivity contribution in [3.05, 3.63) is 96.1 Å². The number of hydrogen-bond acceptors (Lipinski definition) is 4. The zero-order valence-electron chi connectivity index (χ0n) is 20.4. The topological polar surface area (TPSA) is 79.1 Å². The van der Waals surface area contributed by atoms with E-state index in [2.05, 4.69) is 81.1 Å². The highest BCUT2D eigenvalue weighted by Crippen LogP contribution is 2.29. The van der Waals surface area contributed by atoms with Gasteiger partial charge in [0.2, 0.25) is 5.91 Å². The van der Waals surface area contributed by atoms with Crippen molar-refractivity contribution in [1.82, 2.24) is 9.80 Å². The molecule has 1 amide bonds. The Morgan fingerprint density at radius 1 is 0.778 bits per heavy atom. The summed E-state index contributed by atoms with van der Waals surface area (Å²) in [5.74, 6) is 0.0622. The predicted molar refractivity (Wildman–Crippen MR) is 157 cm³/mol. The smallest absolute Gasteiger partial charge is 0.225 e. The van der Waals surface area contributed by atoms with Gasteiger partial charge in [0.05, 0.1) is 6.04 Å². The zero-order chi connectivity index (χ0) is 22.2. The van der Waals surface area contributed by atoms with Crippen molar-refractivity contribution in [2.75, 3.05) is 50.4 Å². The van der Waals surface area contributed by atoms with Crippen molar-refractivity contribution in [3.8, 4) is 0 Å². The van der Waals surface area contributed by atoms with Gasteiger partial charge in [0.1, 0.15) is 0 Å². The minimum Gasteiger partial charge on any atom is -0.412 e. The molecule has 3 aromatic carbocycles. The number of carbonyl (C=O) groups is 1. The number of nitrogens with one attached hydrogen (secondary N) is 2. The highest BCUT2D eigenvalue weighted by molar-refractivity contribution is 5.91. The molecule has 198 valence electrons. The Labute approximate surface area is 233 Å². The molecule has 0 radical (unpaired) electrons. The van der Waals surface area contributed by atoms with Gasteiger partial charge in [-0.25, -0.2) is 0 Å². The van der Waals surface area contributed by atoms with Crippen LogP contribution < -0.4 is 10.6 Å². The normalized spacial score (nSPS) is 13.3. The standard InChI is InChI=1S/C27H32N4O.3ClH.H2O/c1-28-24-13-8-14-25(21-24)29-26(32)15-16-30-17-19-31(20-18-30)27(22-9-4-2-5-10-22)23-11-6-3-7-12-23;;;;/h2-14,21,27-28H,15-20H2,1H3,(H,29,32);3*1H;1H2. The van der Waals surface area contributed by atoms with Crippen LogP contribution in [0.4, 0.5) is 11.4 Å². The Hall–Kier alpha value is -2.32. The first-order valence-electron chi connectivity index (χ1n) is 11.4. The summed E-state index contributed by atoms with van der Waals surface area (Å²) in [7, 11) is 1.88. The van der Waals surface area contributed by atoms with Crippen molar-refractivity contribution in [3.63, 3.8) is 0 Å². The fourth-order valence-electron chi connectivity index (χ4n) is 4.37. The maximum atomic E-state index is 12.4. The molecule has 0 spiro atoms. The minimum atomic E-state index is 0. The Morgan fingerprint density at radius 2 is 1.31 bits per heavy atom. The van der Waals surface area contributed by atoms with Crippen LogP contribution in [0.25, 0.3) is 0 Å². The highest BCUT2D eigenvalue weighted by atomic mass is 35.5. The molecule has 0 aliphatic carbocycles. The molecule has 0 saturated carbocycles. The molecule has 1 aliphatic heterocycles. The van der Waals surface area contributed by atoms with Crippen LogP contribution in [0.15, 0.2) is 84.9 Å². The molecule has 9 heteroatoms. The number of amides is 1. The molecule has 3 aromatic rings. The average Bonchev–Trinajstić information content (AvgIpc) is 2.85. The van der Waals surface area contributed by atoms with Crippen LogP contribution in [-0.4, -0.2) is 61.0 Å². The Balaban J connectivity index is 0.00000306. The number of benzene rings is 3. The Kier molecular flexibility index (Phi) is 16.1. The largest absolute Gasteiger partial charge is 0.412 e. The Bertz CT molecular complexity index is 965. The van der Waals surface area contributed by atoms with E-state index in [4.69, 9.17) is 0 Å². The molecule has 1 heterocycles. The number of rotatable bonds is 8. The molecule has 4 N–H and O–H groups in total. The third kappa shape index (κ3) is 9.28. The van der Waals surface area contributed by atoms with Crippen molar-refractivity contribution in [1.29, 1.82) is 0 Å². The van der Waals surface area contributed by atoms with Crippen molar-refractivity contribution >= 4 is 54.5 Å². The van der Waals surface area contributed by atoms with Crippen LogP contribution in [0.2, 0.25) is 0 Å². The summed E-state index contributed by atoms with van der Waals surface area (Å²) in [4.78, 5) is 17.4. The third-order valence-electron chi connectivity index (χ3n) is 6.09. The van der Waals surface area contributed by atoms with Crippen LogP contribution in [0.1, 0.15) is 23.6 Å². The SMILES string of the molecule is CNc1cccc(NC(=O)CCN2CCN(C(c3ccccc3)c3ccccc3)CC2)c1.Cl.Cl.Cl.O. The number of nitrogens with zero attached hydrogens (tertiary/aromatic N) is 2. The number of halogens is 3. The fourth-order valence-corrected chi connectivity index (χ4v) is 4.37. The van der Waals surface area contributed by atoms with E-state index < -0.39 is 0 Å². The maximum Gasteiger partial charge on any atom is 0.225 e. The summed E-state index contributed by atoms with van der Waals surface area (Å²) in [6.45, 7) is 4.70. The lowest BCUT2D eigenvalue weighted by molar-refractivity contribution is -0.116. The van der Waals surface area contributed by atoms with Crippen LogP contribution in [0, 0.1) is 0 Å². The average molecular weight is 556 g/mol. The van der Waals surface area contributed by atoms with Crippen LogP contribution in [-0.2, 0) is 4.79 Å². The summed E-state index contributed by atoms with van der Waals surface area (Å²) < 4.78 is 0. The van der Waals surface area contributed by atoms with Gasteiger partial charge in [0.25, 0.3) is 0 Å². The van der Waals surface area contributed by atoms with E-state index in [1.54, 1.807) is 0 Å². The van der Waals surface area contributed by atoms with Gasteiger partial charge in [-0.1, -0.05) is 66.7 Å². The second-order valence-electron chi connectivity index (χ2n) is 8.23. The molecule has 0 bridgehead atoms. The van der Waals surface area contributed by atoms with Crippen molar-refractivity contribution in [2.24, 2.45) is 0 Å². The monoisotopic (exact) mass is 554 g/mol. The van der Waals surface area contributed by atoms with Gasteiger partial charge in [-0.3, -0.25) is 9.69 Å². The minimum absolute atomic E-state index is 0. The van der Waals surface area contributed by atoms with Gasteiger partial charge in [0.15, 0.2) is 0 Å². The maximum absolute atomic E-state index is 12.4. The molecule has 4 rings (SSSR count). The Morgan fingerprint density at radius 3 is 1.83 bits per heavy atom. The molecule has 0 aromatic heterocycles. The van der Waals surface area contributed by atoms with Gasteiger partial charge < -0.3 is 21.0 Å². The summed E-state index contributed by atoms with van der Waals surface area (Å²) in [5, 5.41) is 6.11. The molecular weight excluding hydrogens is 519 g/mol. The van der Waals surface area contributed by atoms with Crippen molar-refractivity contribution in [2.45, 2.75) is 12.5 Å². The lowest BCUT2D eigenvalue weighted by atomic mass is 9.96. The number of hydrogen-bond donors (Lipinski definition) is 2. The van der Waals surface area contributed by atoms with Gasteiger partial charge >= 0.3 is 0 Å². The second-order valence-corrected chi connectivity index (χ2v) is 8.23.